The van der Waals surface area contributed by atoms with Gasteiger partial charge in [0.15, 0.2) is 6.20 Å². The molecule has 6 heteroatoms. The maximum atomic E-state index is 11.8. The maximum Gasteiger partial charge on any atom is 0.508 e. The lowest BCUT2D eigenvalue weighted by atomic mass is 9.97. The van der Waals surface area contributed by atoms with E-state index in [0.29, 0.717) is 19.1 Å². The van der Waals surface area contributed by atoms with Gasteiger partial charge in [0.2, 0.25) is 5.51 Å². The summed E-state index contributed by atoms with van der Waals surface area (Å²) in [6.07, 6.45) is 22.3. The molecule has 0 unspecified atom stereocenters. The van der Waals surface area contributed by atoms with E-state index in [0.717, 1.165) is 32.4 Å². The number of carbonyl (C=O) groups is 1. The normalized spacial score (nSPS) is 18.0. The summed E-state index contributed by atoms with van der Waals surface area (Å²) >= 11 is 1.68. The fraction of sp³-hybridized carbons (Fsp3) is 0.852. The molecule has 1 aliphatic heterocycles. The Labute approximate surface area is 206 Å². The van der Waals surface area contributed by atoms with Crippen LogP contribution in [0.2, 0.25) is 0 Å². The van der Waals surface area contributed by atoms with E-state index in [2.05, 4.69) is 28.6 Å². The summed E-state index contributed by atoms with van der Waals surface area (Å²) in [6, 6.07) is 0. The second kappa shape index (κ2) is 19.2. The van der Waals surface area contributed by atoms with Crippen LogP contribution >= 0.6 is 11.3 Å². The van der Waals surface area contributed by atoms with E-state index < -0.39 is 6.16 Å². The first-order chi connectivity index (χ1) is 16.3. The summed E-state index contributed by atoms with van der Waals surface area (Å²) < 4.78 is 18.4. The number of aromatic nitrogens is 1. The van der Waals surface area contributed by atoms with Crippen LogP contribution in [0.15, 0.2) is 17.1 Å². The zero-order chi connectivity index (χ0) is 23.4. The number of carbonyl (C=O) groups excluding carboxylic acids is 1. The molecule has 0 radical (unpaired) electrons. The summed E-state index contributed by atoms with van der Waals surface area (Å²) in [5.41, 5.74) is 2.09. The Bertz CT molecular complexity index is 581. The third-order valence-corrected chi connectivity index (χ3v) is 7.25. The van der Waals surface area contributed by atoms with Crippen molar-refractivity contribution in [2.24, 2.45) is 5.92 Å². The smallest absolute Gasteiger partial charge is 0.434 e. The first-order valence-corrected chi connectivity index (χ1v) is 14.5. The van der Waals surface area contributed by atoms with Crippen LogP contribution < -0.4 is 4.57 Å². The van der Waals surface area contributed by atoms with E-state index in [1.807, 2.05) is 0 Å². The predicted octanol–water partition coefficient (Wildman–Crippen LogP) is 7.47. The van der Waals surface area contributed by atoms with Crippen LogP contribution in [-0.4, -0.2) is 32.1 Å². The molecule has 0 N–H and O–H groups in total. The summed E-state index contributed by atoms with van der Waals surface area (Å²) in [6.45, 7) is 4.77. The molecular weight excluding hydrogens is 434 g/mol. The number of rotatable bonds is 20. The number of aryl methyl sites for hydroxylation is 1. The molecule has 0 saturated carbocycles. The van der Waals surface area contributed by atoms with Gasteiger partial charge < -0.3 is 14.2 Å². The van der Waals surface area contributed by atoms with Crippen LogP contribution in [0.25, 0.3) is 0 Å². The van der Waals surface area contributed by atoms with Gasteiger partial charge in [0.25, 0.3) is 0 Å². The van der Waals surface area contributed by atoms with Crippen molar-refractivity contribution in [1.82, 2.24) is 0 Å². The number of nitrogens with zero attached hydrogens (tertiary/aromatic N) is 1. The Morgan fingerprint density at radius 2 is 1.64 bits per heavy atom. The molecule has 5 nitrogen and oxygen atoms in total. The maximum absolute atomic E-state index is 11.8. The SMILES string of the molecule is CCCCCCCCCCCCCC[C@H]1CO[C@H](COC(=O)OCCCC[n+]2ccsc2)C1. The monoisotopic (exact) mass is 482 g/mol. The van der Waals surface area contributed by atoms with E-state index in [1.165, 1.54) is 83.5 Å². The molecule has 1 aromatic heterocycles. The Morgan fingerprint density at radius 1 is 0.939 bits per heavy atom. The van der Waals surface area contributed by atoms with E-state index >= 15 is 0 Å². The molecule has 0 aromatic carbocycles. The number of hydrogen-bond donors (Lipinski definition) is 0. The molecule has 2 atom stereocenters. The molecule has 0 aliphatic carbocycles. The van der Waals surface area contributed by atoms with Gasteiger partial charge in [-0.3, -0.25) is 0 Å². The standard InChI is InChI=1S/C27H48NO4S/c1-2-3-4-5-6-7-8-9-10-11-12-13-16-25-21-26(31-22-25)23-32-27(29)30-19-15-14-17-28-18-20-33-24-28/h18,20,24-26H,2-17,19,21-23H2,1H3/q+1/t25-,26+/m1/s1. The van der Waals surface area contributed by atoms with Crippen LogP contribution in [0.1, 0.15) is 110 Å². The Kier molecular flexibility index (Phi) is 16.3. The third-order valence-electron chi connectivity index (χ3n) is 6.57. The van der Waals surface area contributed by atoms with Crippen molar-refractivity contribution in [2.75, 3.05) is 19.8 Å². The highest BCUT2D eigenvalue weighted by Gasteiger charge is 2.26. The molecule has 0 spiro atoms. The van der Waals surface area contributed by atoms with Gasteiger partial charge in [-0.15, -0.1) is 0 Å². The fourth-order valence-corrected chi connectivity index (χ4v) is 5.14. The van der Waals surface area contributed by atoms with Gasteiger partial charge in [-0.1, -0.05) is 95.3 Å². The fourth-order valence-electron chi connectivity index (χ4n) is 4.51. The Hall–Kier alpha value is -1.14. The van der Waals surface area contributed by atoms with Crippen LogP contribution in [0, 0.1) is 5.92 Å². The second-order valence-electron chi connectivity index (χ2n) is 9.62. The number of ether oxygens (including phenoxy) is 3. The van der Waals surface area contributed by atoms with Gasteiger partial charge in [-0.25, -0.2) is 4.79 Å². The van der Waals surface area contributed by atoms with Gasteiger partial charge in [0.05, 0.1) is 24.7 Å². The zero-order valence-corrected chi connectivity index (χ0v) is 21.8. The van der Waals surface area contributed by atoms with Crippen molar-refractivity contribution in [2.45, 2.75) is 122 Å². The summed E-state index contributed by atoms with van der Waals surface area (Å²) in [4.78, 5) is 11.8. The van der Waals surface area contributed by atoms with Crippen molar-refractivity contribution in [1.29, 1.82) is 0 Å². The lowest BCUT2D eigenvalue weighted by Crippen LogP contribution is -2.29. The van der Waals surface area contributed by atoms with Gasteiger partial charge in [-0.2, -0.15) is 4.57 Å². The first-order valence-electron chi connectivity index (χ1n) is 13.6. The average molecular weight is 483 g/mol. The van der Waals surface area contributed by atoms with Gasteiger partial charge in [0.1, 0.15) is 13.2 Å². The number of hydrogen-bond acceptors (Lipinski definition) is 5. The minimum absolute atomic E-state index is 0.0369. The highest BCUT2D eigenvalue weighted by atomic mass is 32.1. The van der Waals surface area contributed by atoms with E-state index in [1.54, 1.807) is 11.3 Å². The largest absolute Gasteiger partial charge is 0.508 e. The van der Waals surface area contributed by atoms with E-state index in [-0.39, 0.29) is 6.10 Å². The molecule has 1 aromatic rings. The average Bonchev–Trinajstić information content (AvgIpc) is 3.50. The van der Waals surface area contributed by atoms with Crippen LogP contribution in [-0.2, 0) is 20.8 Å². The van der Waals surface area contributed by atoms with Crippen molar-refractivity contribution < 1.29 is 23.6 Å². The van der Waals surface area contributed by atoms with Crippen LogP contribution in [0.3, 0.4) is 0 Å². The van der Waals surface area contributed by atoms with Gasteiger partial charge in [-0.05, 0) is 25.2 Å². The van der Waals surface area contributed by atoms with Gasteiger partial charge >= 0.3 is 6.16 Å². The minimum atomic E-state index is -0.564. The molecule has 0 amide bonds. The van der Waals surface area contributed by atoms with Crippen LogP contribution in [0.5, 0.6) is 0 Å². The third kappa shape index (κ3) is 14.7. The quantitative estimate of drug-likeness (QED) is 0.110. The summed E-state index contributed by atoms with van der Waals surface area (Å²) in [5, 5.41) is 2.06. The molecule has 1 aliphatic rings. The molecule has 2 rings (SSSR count). The van der Waals surface area contributed by atoms with Crippen molar-refractivity contribution >= 4 is 17.5 Å². The summed E-state index contributed by atoms with van der Waals surface area (Å²) in [5.74, 6) is 0.618. The van der Waals surface area contributed by atoms with E-state index in [4.69, 9.17) is 14.2 Å². The van der Waals surface area contributed by atoms with Crippen molar-refractivity contribution in [3.63, 3.8) is 0 Å². The van der Waals surface area contributed by atoms with Gasteiger partial charge in [0, 0.05) is 6.42 Å². The van der Waals surface area contributed by atoms with E-state index in [9.17, 15) is 4.79 Å². The minimum Gasteiger partial charge on any atom is -0.434 e. The van der Waals surface area contributed by atoms with Crippen molar-refractivity contribution in [3.05, 3.63) is 17.1 Å². The zero-order valence-electron chi connectivity index (χ0n) is 21.0. The molecular formula is C27H48NO4S+. The van der Waals surface area contributed by atoms with Crippen molar-refractivity contribution in [3.8, 4) is 0 Å². The predicted molar refractivity (Wildman–Crippen MR) is 135 cm³/mol. The molecule has 1 saturated heterocycles. The molecule has 2 heterocycles. The Balaban J connectivity index is 1.33. The molecule has 190 valence electrons. The van der Waals surface area contributed by atoms with Crippen LogP contribution in [0.4, 0.5) is 4.79 Å². The topological polar surface area (TPSA) is 48.6 Å². The number of unbranched alkanes of at least 4 members (excludes halogenated alkanes) is 12. The summed E-state index contributed by atoms with van der Waals surface area (Å²) in [7, 11) is 0. The highest BCUT2D eigenvalue weighted by molar-refractivity contribution is 7.07. The number of thiazole rings is 1. The highest BCUT2D eigenvalue weighted by Crippen LogP contribution is 2.25. The second-order valence-corrected chi connectivity index (χ2v) is 10.4. The first kappa shape index (κ1) is 28.1. The molecule has 0 bridgehead atoms. The molecule has 1 fully saturated rings. The molecule has 33 heavy (non-hydrogen) atoms. The Morgan fingerprint density at radius 3 is 2.30 bits per heavy atom. The lowest BCUT2D eigenvalue weighted by molar-refractivity contribution is -0.692. The lowest BCUT2D eigenvalue weighted by Gasteiger charge is -2.11.